The van der Waals surface area contributed by atoms with Crippen molar-refractivity contribution in [3.8, 4) is 0 Å². The van der Waals surface area contributed by atoms with Gasteiger partial charge in [0.05, 0.1) is 25.7 Å². The van der Waals surface area contributed by atoms with Gasteiger partial charge in [-0.15, -0.1) is 0 Å². The summed E-state index contributed by atoms with van der Waals surface area (Å²) in [5, 5.41) is 21.9. The van der Waals surface area contributed by atoms with E-state index in [-0.39, 0.29) is 16.6 Å². The number of carbonyl (C=O) groups is 3. The first-order valence-corrected chi connectivity index (χ1v) is 8.71. The van der Waals surface area contributed by atoms with E-state index in [1.165, 1.54) is 0 Å². The summed E-state index contributed by atoms with van der Waals surface area (Å²) >= 11 is 1.68. The van der Waals surface area contributed by atoms with Crippen LogP contribution < -0.4 is 11.1 Å². The van der Waals surface area contributed by atoms with E-state index < -0.39 is 42.5 Å². The Labute approximate surface area is 145 Å². The largest absolute Gasteiger partial charge is 0.481 e. The summed E-state index contributed by atoms with van der Waals surface area (Å²) in [6, 6.07) is -2.61. The number of carboxylic acid groups (broad SMARTS) is 1. The molecule has 8 nitrogen and oxygen atoms in total. The van der Waals surface area contributed by atoms with Gasteiger partial charge in [-0.05, 0) is 11.2 Å². The third kappa shape index (κ3) is 4.84. The third-order valence-corrected chi connectivity index (χ3v) is 6.05. The number of nitrogens with two attached hydrogens (primary N) is 1. The number of esters is 1. The number of carboxylic acids is 1. The number of thioether (sulfide) groups is 1. The second kappa shape index (κ2) is 8.17. The Bertz CT molecular complexity index is 498. The minimum Gasteiger partial charge on any atom is -0.481 e. The molecule has 1 rings (SSSR count). The molecule has 5 atom stereocenters. The van der Waals surface area contributed by atoms with Crippen LogP contribution in [-0.2, 0) is 19.1 Å². The summed E-state index contributed by atoms with van der Waals surface area (Å²) in [6.07, 6.45) is -1.74. The zero-order valence-corrected chi connectivity index (χ0v) is 15.1. The maximum atomic E-state index is 12.0. The molecule has 0 radical (unpaired) electrons. The van der Waals surface area contributed by atoms with E-state index in [0.717, 1.165) is 12.9 Å². The molecule has 1 aliphatic heterocycles. The van der Waals surface area contributed by atoms with E-state index in [1.807, 2.05) is 20.8 Å². The molecule has 24 heavy (non-hydrogen) atoms. The molecule has 1 amide bonds. The van der Waals surface area contributed by atoms with Crippen molar-refractivity contribution in [1.29, 1.82) is 0 Å². The van der Waals surface area contributed by atoms with Crippen molar-refractivity contribution in [3.05, 3.63) is 0 Å². The van der Waals surface area contributed by atoms with E-state index in [2.05, 4.69) is 10.1 Å². The van der Waals surface area contributed by atoms with Gasteiger partial charge in [-0.3, -0.25) is 9.59 Å². The van der Waals surface area contributed by atoms with Crippen LogP contribution in [0.5, 0.6) is 0 Å². The van der Waals surface area contributed by atoms with E-state index >= 15 is 0 Å². The van der Waals surface area contributed by atoms with Crippen molar-refractivity contribution < 1.29 is 29.3 Å². The van der Waals surface area contributed by atoms with Crippen LogP contribution in [0, 0.1) is 11.3 Å². The van der Waals surface area contributed by atoms with Crippen LogP contribution in [0.25, 0.3) is 0 Å². The molecule has 0 aromatic heterocycles. The molecule has 138 valence electrons. The molecular formula is C15H26N2O6S. The number of nitrogens with one attached hydrogen (secondary N) is 1. The minimum absolute atomic E-state index is 0.0896. The Morgan fingerprint density at radius 1 is 1.42 bits per heavy atom. The summed E-state index contributed by atoms with van der Waals surface area (Å²) in [5.41, 5.74) is 5.28. The van der Waals surface area contributed by atoms with E-state index in [9.17, 15) is 19.5 Å². The van der Waals surface area contributed by atoms with Gasteiger partial charge in [0.25, 0.3) is 0 Å². The van der Waals surface area contributed by atoms with Gasteiger partial charge in [0.2, 0.25) is 5.91 Å². The Hall–Kier alpha value is -1.32. The highest BCUT2D eigenvalue weighted by Crippen LogP contribution is 2.47. The van der Waals surface area contributed by atoms with Crippen molar-refractivity contribution in [2.45, 2.75) is 50.6 Å². The summed E-state index contributed by atoms with van der Waals surface area (Å²) in [5.74, 6) is -2.27. The fourth-order valence-corrected chi connectivity index (χ4v) is 4.70. The van der Waals surface area contributed by atoms with Crippen LogP contribution in [0.3, 0.4) is 0 Å². The van der Waals surface area contributed by atoms with Gasteiger partial charge in [0, 0.05) is 11.2 Å². The molecule has 1 aliphatic rings. The van der Waals surface area contributed by atoms with E-state index in [1.54, 1.807) is 11.8 Å². The summed E-state index contributed by atoms with van der Waals surface area (Å²) in [4.78, 5) is 34.8. The summed E-state index contributed by atoms with van der Waals surface area (Å²) in [6.45, 7) is 5.94. The average molecular weight is 362 g/mol. The second-order valence-corrected chi connectivity index (χ2v) is 8.10. The van der Waals surface area contributed by atoms with Gasteiger partial charge < -0.3 is 26.0 Å². The number of hydrogen-bond acceptors (Lipinski definition) is 7. The summed E-state index contributed by atoms with van der Waals surface area (Å²) < 4.78 is 4.68. The molecule has 3 unspecified atom stereocenters. The van der Waals surface area contributed by atoms with Crippen molar-refractivity contribution in [1.82, 2.24) is 5.32 Å². The van der Waals surface area contributed by atoms with Gasteiger partial charge in [-0.25, -0.2) is 4.79 Å². The Morgan fingerprint density at radius 3 is 2.42 bits per heavy atom. The normalized spacial score (nSPS) is 26.2. The quantitative estimate of drug-likeness (QED) is 0.448. The SMILES string of the molecule is COC(=O)[C@@H](NC(=O)[C@@H](N)CC(=O)O)C(O)C1C(C)SCC1(C)C. The maximum absolute atomic E-state index is 12.0. The number of aliphatic carboxylic acids is 1. The first kappa shape index (κ1) is 20.7. The zero-order valence-electron chi connectivity index (χ0n) is 14.3. The lowest BCUT2D eigenvalue weighted by molar-refractivity contribution is -0.150. The van der Waals surface area contributed by atoms with Gasteiger partial charge >= 0.3 is 11.9 Å². The third-order valence-electron chi connectivity index (χ3n) is 4.32. The van der Waals surface area contributed by atoms with Gasteiger partial charge in [0.15, 0.2) is 6.04 Å². The number of hydrogen-bond donors (Lipinski definition) is 4. The lowest BCUT2D eigenvalue weighted by Gasteiger charge is -2.36. The topological polar surface area (TPSA) is 139 Å². The van der Waals surface area contributed by atoms with Gasteiger partial charge in [0.1, 0.15) is 0 Å². The molecule has 9 heteroatoms. The van der Waals surface area contributed by atoms with Crippen LogP contribution >= 0.6 is 11.8 Å². The van der Waals surface area contributed by atoms with Gasteiger partial charge in [-0.2, -0.15) is 11.8 Å². The number of rotatable bonds is 7. The molecule has 1 fully saturated rings. The first-order valence-electron chi connectivity index (χ1n) is 7.66. The highest BCUT2D eigenvalue weighted by atomic mass is 32.2. The van der Waals surface area contributed by atoms with Crippen LogP contribution in [-0.4, -0.2) is 64.4 Å². The standard InChI is InChI=1S/C15H26N2O6S/c1-7-10(15(2,3)6-24-7)12(20)11(14(22)23-4)17-13(21)8(16)5-9(18)19/h7-8,10-12,20H,5-6,16H2,1-4H3,(H,17,21)(H,18,19)/t7?,8-,10?,11-,12?/m0/s1. The molecule has 0 aliphatic carbocycles. The van der Waals surface area contributed by atoms with Crippen LogP contribution in [0.1, 0.15) is 27.2 Å². The smallest absolute Gasteiger partial charge is 0.331 e. The van der Waals surface area contributed by atoms with Crippen molar-refractivity contribution in [3.63, 3.8) is 0 Å². The number of aliphatic hydroxyl groups is 1. The average Bonchev–Trinajstić information content (AvgIpc) is 2.75. The van der Waals surface area contributed by atoms with Crippen molar-refractivity contribution in [2.75, 3.05) is 12.9 Å². The number of carbonyl (C=O) groups excluding carboxylic acids is 2. The molecule has 1 heterocycles. The molecular weight excluding hydrogens is 336 g/mol. The van der Waals surface area contributed by atoms with Crippen LogP contribution in [0.2, 0.25) is 0 Å². The molecule has 0 spiro atoms. The van der Waals surface area contributed by atoms with Crippen LogP contribution in [0.15, 0.2) is 0 Å². The number of ether oxygens (including phenoxy) is 1. The molecule has 5 N–H and O–H groups in total. The molecule has 0 aromatic rings. The van der Waals surface area contributed by atoms with Crippen LogP contribution in [0.4, 0.5) is 0 Å². The number of aliphatic hydroxyl groups excluding tert-OH is 1. The minimum atomic E-state index is -1.31. The molecule has 1 saturated heterocycles. The Kier molecular flexibility index (Phi) is 7.06. The lowest BCUT2D eigenvalue weighted by atomic mass is 9.74. The lowest BCUT2D eigenvalue weighted by Crippen LogP contribution is -2.57. The molecule has 0 bridgehead atoms. The zero-order chi connectivity index (χ0) is 18.7. The molecule has 0 saturated carbocycles. The molecule has 0 aromatic carbocycles. The number of amides is 1. The van der Waals surface area contributed by atoms with E-state index in [0.29, 0.717) is 0 Å². The Balaban J connectivity index is 2.95. The highest BCUT2D eigenvalue weighted by Gasteiger charge is 2.49. The fraction of sp³-hybridized carbons (Fsp3) is 0.800. The Morgan fingerprint density at radius 2 is 2.00 bits per heavy atom. The summed E-state index contributed by atoms with van der Waals surface area (Å²) in [7, 11) is 1.16. The first-order chi connectivity index (χ1) is 11.0. The number of methoxy groups -OCH3 is 1. The highest BCUT2D eigenvalue weighted by molar-refractivity contribution is 8.00. The second-order valence-electron chi connectivity index (χ2n) is 6.73. The monoisotopic (exact) mass is 362 g/mol. The predicted octanol–water partition coefficient (Wildman–Crippen LogP) is -0.415. The fourth-order valence-electron chi connectivity index (χ4n) is 3.08. The predicted molar refractivity (Wildman–Crippen MR) is 89.4 cm³/mol. The van der Waals surface area contributed by atoms with Crippen molar-refractivity contribution in [2.24, 2.45) is 17.1 Å². The van der Waals surface area contributed by atoms with E-state index in [4.69, 9.17) is 10.8 Å². The van der Waals surface area contributed by atoms with Crippen molar-refractivity contribution >= 4 is 29.6 Å². The maximum Gasteiger partial charge on any atom is 0.331 e. The van der Waals surface area contributed by atoms with Gasteiger partial charge in [-0.1, -0.05) is 20.8 Å².